The number of rotatable bonds is 6. The first kappa shape index (κ1) is 23.3. The van der Waals surface area contributed by atoms with Crippen molar-refractivity contribution in [2.75, 3.05) is 4.90 Å². The maximum atomic E-state index is 13.5. The van der Waals surface area contributed by atoms with Gasteiger partial charge < -0.3 is 4.90 Å². The Morgan fingerprint density at radius 2 is 1.59 bits per heavy atom. The molecular weight excluding hydrogens is 411 g/mol. The number of allylic oxidation sites excluding steroid dienone is 1. The highest BCUT2D eigenvalue weighted by molar-refractivity contribution is 5.97. The van der Waals surface area contributed by atoms with Crippen molar-refractivity contribution in [2.24, 2.45) is 0 Å². The maximum Gasteiger partial charge on any atom is 0.471 e. The van der Waals surface area contributed by atoms with E-state index in [0.29, 0.717) is 12.0 Å². The van der Waals surface area contributed by atoms with Gasteiger partial charge in [-0.2, -0.15) is 13.2 Å². The van der Waals surface area contributed by atoms with Crippen molar-refractivity contribution in [3.05, 3.63) is 101 Å². The predicted molar refractivity (Wildman–Crippen MR) is 124 cm³/mol. The number of alkyl halides is 3. The Kier molecular flexibility index (Phi) is 6.87. The second-order valence-corrected chi connectivity index (χ2v) is 7.96. The van der Waals surface area contributed by atoms with E-state index in [1.807, 2.05) is 57.2 Å². The molecule has 3 aromatic rings. The van der Waals surface area contributed by atoms with Crippen molar-refractivity contribution in [2.45, 2.75) is 39.9 Å². The lowest BCUT2D eigenvalue weighted by Crippen LogP contribution is -2.40. The Balaban J connectivity index is 2.04. The lowest BCUT2D eigenvalue weighted by atomic mass is 9.94. The Labute approximate surface area is 187 Å². The summed E-state index contributed by atoms with van der Waals surface area (Å²) in [5, 5.41) is 0. The Morgan fingerprint density at radius 1 is 0.938 bits per heavy atom. The second-order valence-electron chi connectivity index (χ2n) is 7.96. The van der Waals surface area contributed by atoms with Gasteiger partial charge in [0.15, 0.2) is 0 Å². The van der Waals surface area contributed by atoms with E-state index in [1.165, 1.54) is 0 Å². The number of aryl methyl sites for hydroxylation is 3. The van der Waals surface area contributed by atoms with Crippen molar-refractivity contribution >= 4 is 11.6 Å². The summed E-state index contributed by atoms with van der Waals surface area (Å²) >= 11 is 0. The van der Waals surface area contributed by atoms with Crippen molar-refractivity contribution in [1.82, 2.24) is 0 Å². The van der Waals surface area contributed by atoms with Crippen LogP contribution in [0.25, 0.3) is 11.1 Å². The average Bonchev–Trinajstić information content (AvgIpc) is 2.73. The summed E-state index contributed by atoms with van der Waals surface area (Å²) in [5.41, 5.74) is 6.73. The van der Waals surface area contributed by atoms with E-state index in [0.717, 1.165) is 38.3 Å². The molecule has 32 heavy (non-hydrogen) atoms. The molecule has 0 saturated heterocycles. The number of benzene rings is 3. The maximum absolute atomic E-state index is 13.5. The van der Waals surface area contributed by atoms with E-state index in [1.54, 1.807) is 30.3 Å². The molecule has 0 unspecified atom stereocenters. The number of anilines is 1. The molecule has 0 aliphatic rings. The van der Waals surface area contributed by atoms with Gasteiger partial charge in [0.25, 0.3) is 0 Å². The van der Waals surface area contributed by atoms with Gasteiger partial charge in [0.05, 0.1) is 6.54 Å². The summed E-state index contributed by atoms with van der Waals surface area (Å²) in [4.78, 5) is 13.2. The summed E-state index contributed by atoms with van der Waals surface area (Å²) in [5.74, 6) is -1.89. The number of carbonyl (C=O) groups is 1. The van der Waals surface area contributed by atoms with Crippen molar-refractivity contribution in [3.63, 3.8) is 0 Å². The third-order valence-electron chi connectivity index (χ3n) is 5.53. The van der Waals surface area contributed by atoms with Gasteiger partial charge in [-0.1, -0.05) is 48.5 Å². The zero-order valence-electron chi connectivity index (χ0n) is 18.5. The number of halogens is 3. The molecule has 3 aromatic carbocycles. The van der Waals surface area contributed by atoms with Crippen LogP contribution in [0.15, 0.2) is 73.3 Å². The summed E-state index contributed by atoms with van der Waals surface area (Å²) in [6, 6.07) is 18.2. The molecule has 0 heterocycles. The number of carbonyl (C=O) groups excluding carboxylic acids is 1. The third kappa shape index (κ3) is 5.10. The molecule has 166 valence electrons. The van der Waals surface area contributed by atoms with Gasteiger partial charge in [0, 0.05) is 5.69 Å². The fourth-order valence-corrected chi connectivity index (χ4v) is 3.91. The van der Waals surface area contributed by atoms with Crippen molar-refractivity contribution in [3.8, 4) is 11.1 Å². The van der Waals surface area contributed by atoms with Crippen molar-refractivity contribution in [1.29, 1.82) is 0 Å². The molecule has 5 heteroatoms. The number of amides is 1. The molecule has 0 fully saturated rings. The van der Waals surface area contributed by atoms with Gasteiger partial charge in [-0.25, -0.2) is 0 Å². The van der Waals surface area contributed by atoms with Crippen LogP contribution in [0, 0.1) is 20.8 Å². The Hall–Kier alpha value is -3.34. The van der Waals surface area contributed by atoms with E-state index in [2.05, 4.69) is 6.58 Å². The first-order valence-electron chi connectivity index (χ1n) is 10.4. The quantitative estimate of drug-likeness (QED) is 0.377. The number of hydrogen-bond donors (Lipinski definition) is 0. The summed E-state index contributed by atoms with van der Waals surface area (Å²) < 4.78 is 40.4. The fraction of sp³-hybridized carbons (Fsp3) is 0.222. The van der Waals surface area contributed by atoms with Crippen LogP contribution in [0.5, 0.6) is 0 Å². The number of hydrogen-bond acceptors (Lipinski definition) is 1. The molecule has 0 spiro atoms. The minimum Gasteiger partial charge on any atom is -0.300 e. The lowest BCUT2D eigenvalue weighted by Gasteiger charge is -2.25. The van der Waals surface area contributed by atoms with Gasteiger partial charge in [0.2, 0.25) is 0 Å². The van der Waals surface area contributed by atoms with Crippen LogP contribution in [0.3, 0.4) is 0 Å². The molecule has 2 nitrogen and oxygen atoms in total. The zero-order chi connectivity index (χ0) is 23.5. The third-order valence-corrected chi connectivity index (χ3v) is 5.53. The van der Waals surface area contributed by atoms with E-state index >= 15 is 0 Å². The molecule has 0 aromatic heterocycles. The Morgan fingerprint density at radius 3 is 2.22 bits per heavy atom. The zero-order valence-corrected chi connectivity index (χ0v) is 18.5. The molecule has 0 bridgehead atoms. The summed E-state index contributed by atoms with van der Waals surface area (Å²) in [6.07, 6.45) is -2.78. The average molecular weight is 438 g/mol. The standard InChI is InChI=1S/C27H26F3NO/c1-5-8-22-16-24(14-13-18(22)2)31(26(32)27(28,29)30)17-21-11-7-12-23(15-21)25-19(3)9-6-10-20(25)4/h5-7,9-16H,1,8,17H2,2-4H3. The highest BCUT2D eigenvalue weighted by atomic mass is 19.4. The van der Waals surface area contributed by atoms with Crippen LogP contribution < -0.4 is 4.90 Å². The summed E-state index contributed by atoms with van der Waals surface area (Å²) in [6.45, 7) is 9.40. The second kappa shape index (κ2) is 9.43. The highest BCUT2D eigenvalue weighted by Crippen LogP contribution is 2.31. The largest absolute Gasteiger partial charge is 0.471 e. The van der Waals surface area contributed by atoms with Gasteiger partial charge in [-0.3, -0.25) is 4.79 Å². The predicted octanol–water partition coefficient (Wildman–Crippen LogP) is 7.10. The smallest absolute Gasteiger partial charge is 0.300 e. The SMILES string of the molecule is C=CCc1cc(N(Cc2cccc(-c3c(C)cccc3C)c2)C(=O)C(F)(F)F)ccc1C. The molecule has 0 aliphatic carbocycles. The molecule has 0 radical (unpaired) electrons. The first-order valence-corrected chi connectivity index (χ1v) is 10.4. The molecular formula is C27H26F3NO. The lowest BCUT2D eigenvalue weighted by molar-refractivity contribution is -0.170. The normalized spacial score (nSPS) is 11.3. The molecule has 0 atom stereocenters. The van der Waals surface area contributed by atoms with Gasteiger partial charge in [0.1, 0.15) is 0 Å². The molecule has 0 N–H and O–H groups in total. The van der Waals surface area contributed by atoms with E-state index in [-0.39, 0.29) is 12.2 Å². The van der Waals surface area contributed by atoms with Gasteiger partial charge in [-0.05, 0) is 84.3 Å². The summed E-state index contributed by atoms with van der Waals surface area (Å²) in [7, 11) is 0. The monoisotopic (exact) mass is 437 g/mol. The van der Waals surface area contributed by atoms with E-state index in [4.69, 9.17) is 0 Å². The van der Waals surface area contributed by atoms with E-state index < -0.39 is 12.1 Å². The molecule has 3 rings (SSSR count). The van der Waals surface area contributed by atoms with Gasteiger partial charge >= 0.3 is 12.1 Å². The fourth-order valence-electron chi connectivity index (χ4n) is 3.91. The first-order chi connectivity index (χ1) is 15.1. The van der Waals surface area contributed by atoms with Crippen molar-refractivity contribution < 1.29 is 18.0 Å². The highest BCUT2D eigenvalue weighted by Gasteiger charge is 2.43. The van der Waals surface area contributed by atoms with Crippen LogP contribution in [0.2, 0.25) is 0 Å². The number of nitrogens with zero attached hydrogens (tertiary/aromatic N) is 1. The van der Waals surface area contributed by atoms with Gasteiger partial charge in [-0.15, -0.1) is 6.58 Å². The molecule has 0 aliphatic heterocycles. The molecule has 1 amide bonds. The van der Waals surface area contributed by atoms with E-state index in [9.17, 15) is 18.0 Å². The Bertz CT molecular complexity index is 1130. The van der Waals surface area contributed by atoms with Crippen LogP contribution in [0.1, 0.15) is 27.8 Å². The van der Waals surface area contributed by atoms with Crippen LogP contribution in [-0.2, 0) is 17.8 Å². The molecule has 0 saturated carbocycles. The topological polar surface area (TPSA) is 20.3 Å². The van der Waals surface area contributed by atoms with Crippen LogP contribution >= 0.6 is 0 Å². The van der Waals surface area contributed by atoms with Crippen LogP contribution in [-0.4, -0.2) is 12.1 Å². The minimum atomic E-state index is -4.98. The van der Waals surface area contributed by atoms with Crippen LogP contribution in [0.4, 0.5) is 18.9 Å². The minimum absolute atomic E-state index is 0.187.